The van der Waals surface area contributed by atoms with E-state index in [9.17, 15) is 10.2 Å². The Bertz CT molecular complexity index is 1790. The molecule has 0 spiro atoms. The molecule has 1 unspecified atom stereocenters. The second kappa shape index (κ2) is 14.8. The van der Waals surface area contributed by atoms with Crippen molar-refractivity contribution in [2.75, 3.05) is 19.6 Å². The summed E-state index contributed by atoms with van der Waals surface area (Å²) in [5.41, 5.74) is 5.91. The number of likely N-dealkylation sites (tertiary alicyclic amines) is 1. The van der Waals surface area contributed by atoms with Gasteiger partial charge in [0.2, 0.25) is 0 Å². The lowest BCUT2D eigenvalue weighted by atomic mass is 9.70. The molecule has 5 nitrogen and oxygen atoms in total. The largest absolute Gasteiger partial charge is 0.504 e. The third kappa shape index (κ3) is 7.05. The molecule has 0 radical (unpaired) electrons. The lowest BCUT2D eigenvalue weighted by Crippen LogP contribution is -2.43. The monoisotopic (exact) mass is 615 g/mol. The maximum absolute atomic E-state index is 10.4. The number of hydrogen-bond donors (Lipinski definition) is 2. The summed E-state index contributed by atoms with van der Waals surface area (Å²) in [6.07, 6.45) is 15.2. The highest BCUT2D eigenvalue weighted by molar-refractivity contribution is 5.76. The van der Waals surface area contributed by atoms with E-state index >= 15 is 0 Å². The Morgan fingerprint density at radius 2 is 1.78 bits per heavy atom. The normalized spacial score (nSPS) is 16.4. The fraction of sp³-hybridized carbons (Fsp3) is 0.341. The van der Waals surface area contributed by atoms with E-state index in [0.717, 1.165) is 74.3 Å². The average molecular weight is 616 g/mol. The van der Waals surface area contributed by atoms with Crippen LogP contribution in [0.5, 0.6) is 11.5 Å². The first-order valence-corrected chi connectivity index (χ1v) is 16.7. The quantitative estimate of drug-likeness (QED) is 0.164. The van der Waals surface area contributed by atoms with Crippen molar-refractivity contribution in [2.45, 2.75) is 70.8 Å². The Hall–Kier alpha value is -4.35. The minimum Gasteiger partial charge on any atom is -0.504 e. The molecule has 2 heterocycles. The van der Waals surface area contributed by atoms with Gasteiger partial charge in [-0.3, -0.25) is 0 Å². The van der Waals surface area contributed by atoms with Crippen LogP contribution in [0.25, 0.3) is 17.7 Å². The van der Waals surface area contributed by atoms with E-state index in [1.165, 1.54) is 21.6 Å². The summed E-state index contributed by atoms with van der Waals surface area (Å²) in [7, 11) is 0. The summed E-state index contributed by atoms with van der Waals surface area (Å²) in [6.45, 7) is 18.7. The number of aromatic hydroxyl groups is 2. The van der Waals surface area contributed by atoms with Crippen molar-refractivity contribution in [3.63, 3.8) is 0 Å². The summed E-state index contributed by atoms with van der Waals surface area (Å²) in [6, 6.07) is 20.6. The molecule has 0 bridgehead atoms. The van der Waals surface area contributed by atoms with Gasteiger partial charge in [-0.15, -0.1) is 0 Å². The summed E-state index contributed by atoms with van der Waals surface area (Å²) in [5, 5.41) is 23.0. The number of allylic oxidation sites excluding steroid dienone is 1. The second-order valence-corrected chi connectivity index (χ2v) is 12.6. The number of benzene rings is 3. The van der Waals surface area contributed by atoms with Crippen LogP contribution in [-0.2, 0) is 18.4 Å². The first-order valence-electron chi connectivity index (χ1n) is 16.7. The molecule has 5 rings (SSSR count). The van der Waals surface area contributed by atoms with E-state index in [1.54, 1.807) is 12.1 Å². The van der Waals surface area contributed by atoms with Gasteiger partial charge in [0.05, 0.1) is 0 Å². The van der Waals surface area contributed by atoms with Crippen LogP contribution in [0, 0.1) is 0 Å². The fourth-order valence-electron chi connectivity index (χ4n) is 7.19. The Kier molecular flexibility index (Phi) is 10.6. The van der Waals surface area contributed by atoms with Crippen LogP contribution in [0.4, 0.5) is 0 Å². The molecule has 4 aromatic rings. The minimum atomic E-state index is -0.0963. The van der Waals surface area contributed by atoms with Gasteiger partial charge in [-0.25, -0.2) is 4.98 Å². The Morgan fingerprint density at radius 1 is 1.00 bits per heavy atom. The highest BCUT2D eigenvalue weighted by atomic mass is 16.3. The van der Waals surface area contributed by atoms with Crippen LogP contribution in [0.3, 0.4) is 0 Å². The molecule has 0 amide bonds. The molecular weight excluding hydrogens is 566 g/mol. The van der Waals surface area contributed by atoms with Crippen LogP contribution in [-0.4, -0.2) is 44.3 Å². The predicted molar refractivity (Wildman–Crippen MR) is 191 cm³/mol. The van der Waals surface area contributed by atoms with Crippen molar-refractivity contribution in [2.24, 2.45) is 0 Å². The lowest BCUT2D eigenvalue weighted by Gasteiger charge is -2.42. The van der Waals surface area contributed by atoms with Crippen LogP contribution in [0.1, 0.15) is 80.5 Å². The predicted octanol–water partition coefficient (Wildman–Crippen LogP) is 7.30. The first kappa shape index (κ1) is 33.0. The molecule has 240 valence electrons. The molecule has 46 heavy (non-hydrogen) atoms. The molecule has 0 aliphatic carbocycles. The molecule has 1 fully saturated rings. The third-order valence-electron chi connectivity index (χ3n) is 10.2. The SMILES string of the molecule is C=C/C=c1/cc(C2(CC)CCN(CCC(Cn3ccnc3C(=C)c3ccccc3CC)c3ccc(O)c(O)c3)CC2)cc/c1=C/C. The summed E-state index contributed by atoms with van der Waals surface area (Å²) >= 11 is 0. The van der Waals surface area contributed by atoms with Gasteiger partial charge < -0.3 is 19.7 Å². The first-order chi connectivity index (χ1) is 22.3. The van der Waals surface area contributed by atoms with Gasteiger partial charge in [-0.05, 0) is 109 Å². The Labute approximate surface area is 274 Å². The summed E-state index contributed by atoms with van der Waals surface area (Å²) in [5.74, 6) is 0.793. The van der Waals surface area contributed by atoms with E-state index in [1.807, 2.05) is 24.5 Å². The number of aryl methyl sites for hydroxylation is 1. The smallest absolute Gasteiger partial charge is 0.157 e. The van der Waals surface area contributed by atoms with Gasteiger partial charge >= 0.3 is 0 Å². The van der Waals surface area contributed by atoms with Crippen molar-refractivity contribution in [1.82, 2.24) is 14.5 Å². The van der Waals surface area contributed by atoms with Gasteiger partial charge in [0.1, 0.15) is 5.82 Å². The highest BCUT2D eigenvalue weighted by Crippen LogP contribution is 2.39. The van der Waals surface area contributed by atoms with E-state index < -0.39 is 0 Å². The molecule has 1 aliphatic rings. The van der Waals surface area contributed by atoms with Gasteiger partial charge in [0.15, 0.2) is 11.5 Å². The molecular formula is C41H49N3O2. The van der Waals surface area contributed by atoms with Crippen LogP contribution in [0.2, 0.25) is 0 Å². The molecule has 2 N–H and O–H groups in total. The zero-order valence-corrected chi connectivity index (χ0v) is 27.8. The fourth-order valence-corrected chi connectivity index (χ4v) is 7.19. The third-order valence-corrected chi connectivity index (χ3v) is 10.2. The number of phenolic OH excluding ortho intramolecular Hbond substituents is 2. The van der Waals surface area contributed by atoms with Crippen molar-refractivity contribution in [1.29, 1.82) is 0 Å². The molecule has 3 aromatic carbocycles. The van der Waals surface area contributed by atoms with Gasteiger partial charge in [-0.1, -0.05) is 93.8 Å². The standard InChI is InChI=1S/C41H49N3O2/c1-6-12-33-27-36(17-15-31(33)7-2)41(9-4)20-24-43(25-21-41)23-19-35(34-16-18-38(45)39(46)28-34)29-44-26-22-42-40(44)30(5)37-14-11-10-13-32(37)8-3/h6-7,10-18,22,26-28,35,45-46H,1,5,8-9,19-21,23-25,29H2,2-4H3/b31-7-,33-12-. The average Bonchev–Trinajstić information content (AvgIpc) is 3.56. The van der Waals surface area contributed by atoms with Crippen LogP contribution < -0.4 is 10.4 Å². The van der Waals surface area contributed by atoms with Crippen molar-refractivity contribution in [3.8, 4) is 11.5 Å². The number of imidazole rings is 1. The van der Waals surface area contributed by atoms with Gasteiger partial charge in [0, 0.05) is 30.4 Å². The molecule has 5 heteroatoms. The molecule has 1 atom stereocenters. The maximum atomic E-state index is 10.4. The van der Waals surface area contributed by atoms with Crippen molar-refractivity contribution < 1.29 is 10.2 Å². The van der Waals surface area contributed by atoms with E-state index in [-0.39, 0.29) is 22.8 Å². The van der Waals surface area contributed by atoms with Crippen LogP contribution >= 0.6 is 0 Å². The molecule has 1 aliphatic heterocycles. The van der Waals surface area contributed by atoms with Crippen LogP contribution in [0.15, 0.2) is 92.3 Å². The van der Waals surface area contributed by atoms with Crippen molar-refractivity contribution in [3.05, 3.63) is 131 Å². The van der Waals surface area contributed by atoms with E-state index in [4.69, 9.17) is 4.98 Å². The summed E-state index contributed by atoms with van der Waals surface area (Å²) in [4.78, 5) is 7.33. The second-order valence-electron chi connectivity index (χ2n) is 12.6. The van der Waals surface area contributed by atoms with Crippen molar-refractivity contribution >= 4 is 17.7 Å². The molecule has 0 saturated carbocycles. The minimum absolute atomic E-state index is 0.0832. The number of aromatic nitrogens is 2. The van der Waals surface area contributed by atoms with E-state index in [2.05, 4.69) is 98.0 Å². The van der Waals surface area contributed by atoms with E-state index in [0.29, 0.717) is 6.54 Å². The number of rotatable bonds is 12. The number of hydrogen-bond acceptors (Lipinski definition) is 4. The highest BCUT2D eigenvalue weighted by Gasteiger charge is 2.34. The Morgan fingerprint density at radius 3 is 2.48 bits per heavy atom. The Balaban J connectivity index is 1.34. The zero-order valence-electron chi connectivity index (χ0n) is 27.8. The topological polar surface area (TPSA) is 61.5 Å². The summed E-state index contributed by atoms with van der Waals surface area (Å²) < 4.78 is 2.19. The van der Waals surface area contributed by atoms with Gasteiger partial charge in [-0.2, -0.15) is 0 Å². The number of piperidine rings is 1. The number of nitrogens with zero attached hydrogens (tertiary/aromatic N) is 3. The van der Waals surface area contributed by atoms with Gasteiger partial charge in [0.25, 0.3) is 0 Å². The molecule has 1 saturated heterocycles. The number of phenols is 2. The maximum Gasteiger partial charge on any atom is 0.157 e. The molecule has 1 aromatic heterocycles. The lowest BCUT2D eigenvalue weighted by molar-refractivity contribution is 0.150. The zero-order chi connectivity index (χ0) is 32.7.